The quantitative estimate of drug-likeness (QED) is 0.527. The molecule has 144 valence electrons. The van der Waals surface area contributed by atoms with Crippen LogP contribution in [-0.2, 0) is 13.1 Å². The second-order valence-corrected chi connectivity index (χ2v) is 8.67. The van der Waals surface area contributed by atoms with Gasteiger partial charge in [-0.3, -0.25) is 9.89 Å². The van der Waals surface area contributed by atoms with Gasteiger partial charge in [0.2, 0.25) is 0 Å². The van der Waals surface area contributed by atoms with E-state index in [2.05, 4.69) is 43.6 Å². The van der Waals surface area contributed by atoms with Crippen molar-refractivity contribution < 1.29 is 4.79 Å². The maximum Gasteiger partial charge on any atom is 0.256 e. The minimum absolute atomic E-state index is 0.0419. The summed E-state index contributed by atoms with van der Waals surface area (Å²) in [7, 11) is 0. The molecule has 0 radical (unpaired) electrons. The first-order valence-corrected chi connectivity index (χ1v) is 10.5. The van der Waals surface area contributed by atoms with Crippen LogP contribution in [0.15, 0.2) is 34.8 Å². The molecule has 1 aliphatic heterocycles. The highest BCUT2D eigenvalue weighted by atomic mass is 79.9. The average molecular weight is 440 g/mol. The van der Waals surface area contributed by atoms with E-state index in [4.69, 9.17) is 5.73 Å². The molecule has 2 aliphatic rings. The van der Waals surface area contributed by atoms with E-state index in [0.29, 0.717) is 30.4 Å². The van der Waals surface area contributed by atoms with Crippen LogP contribution in [0.4, 0.5) is 11.5 Å². The first kappa shape index (κ1) is 17.6. The van der Waals surface area contributed by atoms with Gasteiger partial charge in [-0.1, -0.05) is 34.8 Å². The van der Waals surface area contributed by atoms with Crippen LogP contribution in [0.2, 0.25) is 0 Å². The van der Waals surface area contributed by atoms with Crippen LogP contribution in [0, 0.1) is 0 Å². The van der Waals surface area contributed by atoms with Gasteiger partial charge in [-0.05, 0) is 48.2 Å². The highest BCUT2D eigenvalue weighted by Gasteiger charge is 2.26. The van der Waals surface area contributed by atoms with Gasteiger partial charge in [0.25, 0.3) is 5.91 Å². The van der Waals surface area contributed by atoms with Crippen molar-refractivity contribution in [3.05, 3.63) is 51.5 Å². The van der Waals surface area contributed by atoms with E-state index in [1.165, 1.54) is 24.0 Å². The van der Waals surface area contributed by atoms with E-state index in [1.54, 1.807) is 0 Å². The molecule has 1 saturated carbocycles. The molecule has 1 aromatic heterocycles. The SMILES string of the molecule is Nc1cc2[nH]nc(NC3CCCC3)c2cc1C(=O)N1Cc2ccc(Br)cc2C1. The number of nitrogen functional groups attached to an aromatic ring is 1. The Balaban J connectivity index is 1.45. The van der Waals surface area contributed by atoms with Gasteiger partial charge in [0.1, 0.15) is 0 Å². The smallest absolute Gasteiger partial charge is 0.256 e. The molecule has 1 fully saturated rings. The highest BCUT2D eigenvalue weighted by molar-refractivity contribution is 9.10. The van der Waals surface area contributed by atoms with Crippen molar-refractivity contribution in [3.63, 3.8) is 0 Å². The number of anilines is 2. The molecule has 28 heavy (non-hydrogen) atoms. The molecule has 0 atom stereocenters. The van der Waals surface area contributed by atoms with Crippen LogP contribution in [0.3, 0.4) is 0 Å². The number of hydrogen-bond acceptors (Lipinski definition) is 4. The molecular weight excluding hydrogens is 418 g/mol. The second kappa shape index (κ2) is 6.81. The molecule has 0 spiro atoms. The van der Waals surface area contributed by atoms with Crippen LogP contribution in [0.5, 0.6) is 0 Å². The maximum atomic E-state index is 13.2. The van der Waals surface area contributed by atoms with Gasteiger partial charge in [0, 0.05) is 34.7 Å². The third kappa shape index (κ3) is 3.03. The molecule has 0 bridgehead atoms. The number of nitrogens with two attached hydrogens (primary N) is 1. The zero-order valence-electron chi connectivity index (χ0n) is 15.5. The van der Waals surface area contributed by atoms with Gasteiger partial charge >= 0.3 is 0 Å². The number of fused-ring (bicyclic) bond motifs is 2. The summed E-state index contributed by atoms with van der Waals surface area (Å²) >= 11 is 3.50. The summed E-state index contributed by atoms with van der Waals surface area (Å²) in [6, 6.07) is 10.3. The summed E-state index contributed by atoms with van der Waals surface area (Å²) in [5.41, 5.74) is 10.5. The minimum Gasteiger partial charge on any atom is -0.398 e. The van der Waals surface area contributed by atoms with Gasteiger partial charge in [-0.15, -0.1) is 0 Å². The zero-order chi connectivity index (χ0) is 19.3. The lowest BCUT2D eigenvalue weighted by molar-refractivity contribution is 0.0752. The summed E-state index contributed by atoms with van der Waals surface area (Å²) in [4.78, 5) is 15.1. The molecule has 2 aromatic carbocycles. The summed E-state index contributed by atoms with van der Waals surface area (Å²) in [6.45, 7) is 1.21. The molecule has 0 unspecified atom stereocenters. The number of aromatic amines is 1. The molecular formula is C21H22BrN5O. The molecule has 1 aliphatic carbocycles. The summed E-state index contributed by atoms with van der Waals surface area (Å²) in [5, 5.41) is 11.9. The number of benzene rings is 2. The summed E-state index contributed by atoms with van der Waals surface area (Å²) in [5.74, 6) is 0.768. The van der Waals surface area contributed by atoms with Crippen molar-refractivity contribution in [2.45, 2.75) is 44.8 Å². The Morgan fingerprint density at radius 3 is 2.79 bits per heavy atom. The van der Waals surface area contributed by atoms with Crippen LogP contribution >= 0.6 is 15.9 Å². The largest absolute Gasteiger partial charge is 0.398 e. The molecule has 6 nitrogen and oxygen atoms in total. The van der Waals surface area contributed by atoms with E-state index < -0.39 is 0 Å². The Labute approximate surface area is 171 Å². The number of carbonyl (C=O) groups is 1. The number of carbonyl (C=O) groups excluding carboxylic acids is 1. The molecule has 0 saturated heterocycles. The predicted octanol–water partition coefficient (Wildman–Crippen LogP) is 4.42. The van der Waals surface area contributed by atoms with Gasteiger partial charge in [0.05, 0.1) is 11.1 Å². The normalized spacial score (nSPS) is 16.7. The molecule has 3 aromatic rings. The third-order valence-electron chi connectivity index (χ3n) is 5.84. The van der Waals surface area contributed by atoms with Crippen molar-refractivity contribution in [2.75, 3.05) is 11.1 Å². The average Bonchev–Trinajstić information content (AvgIpc) is 3.41. The number of rotatable bonds is 3. The number of H-pyrrole nitrogens is 1. The van der Waals surface area contributed by atoms with Crippen LogP contribution < -0.4 is 11.1 Å². The van der Waals surface area contributed by atoms with E-state index in [9.17, 15) is 4.79 Å². The number of nitrogens with one attached hydrogen (secondary N) is 2. The van der Waals surface area contributed by atoms with Gasteiger partial charge in [0.15, 0.2) is 5.82 Å². The van der Waals surface area contributed by atoms with Crippen LogP contribution in [0.25, 0.3) is 10.9 Å². The van der Waals surface area contributed by atoms with Crippen molar-refractivity contribution in [3.8, 4) is 0 Å². The number of aromatic nitrogens is 2. The van der Waals surface area contributed by atoms with Crippen molar-refractivity contribution in [1.29, 1.82) is 0 Å². The number of hydrogen-bond donors (Lipinski definition) is 3. The molecule has 5 rings (SSSR count). The Morgan fingerprint density at radius 1 is 1.18 bits per heavy atom. The topological polar surface area (TPSA) is 87.0 Å². The molecule has 2 heterocycles. The molecule has 4 N–H and O–H groups in total. The summed E-state index contributed by atoms with van der Waals surface area (Å²) in [6.07, 6.45) is 4.83. The first-order chi connectivity index (χ1) is 13.6. The van der Waals surface area contributed by atoms with Gasteiger partial charge in [-0.2, -0.15) is 5.10 Å². The Bertz CT molecular complexity index is 1070. The molecule has 1 amide bonds. The van der Waals surface area contributed by atoms with E-state index in [1.807, 2.05) is 23.1 Å². The monoisotopic (exact) mass is 439 g/mol. The van der Waals surface area contributed by atoms with Gasteiger partial charge < -0.3 is 16.0 Å². The lowest BCUT2D eigenvalue weighted by atomic mass is 10.1. The van der Waals surface area contributed by atoms with E-state index in [0.717, 1.165) is 34.0 Å². The highest BCUT2D eigenvalue weighted by Crippen LogP contribution is 2.32. The first-order valence-electron chi connectivity index (χ1n) is 9.69. The number of halogens is 1. The summed E-state index contributed by atoms with van der Waals surface area (Å²) < 4.78 is 1.03. The van der Waals surface area contributed by atoms with Crippen molar-refractivity contribution >= 4 is 44.2 Å². The van der Waals surface area contributed by atoms with Crippen molar-refractivity contribution in [2.24, 2.45) is 0 Å². The molecule has 7 heteroatoms. The standard InChI is InChI=1S/C21H22BrN5O/c22-14-6-5-12-10-27(11-13(12)7-14)21(28)16-8-17-19(9-18(16)23)25-26-20(17)24-15-3-1-2-4-15/h5-9,15H,1-4,10-11,23H2,(H2,24,25,26). The van der Waals surface area contributed by atoms with Crippen molar-refractivity contribution in [1.82, 2.24) is 15.1 Å². The van der Waals surface area contributed by atoms with Gasteiger partial charge in [-0.25, -0.2) is 0 Å². The Morgan fingerprint density at radius 2 is 1.96 bits per heavy atom. The van der Waals surface area contributed by atoms with Crippen LogP contribution in [0.1, 0.15) is 47.2 Å². The maximum absolute atomic E-state index is 13.2. The lowest BCUT2D eigenvalue weighted by Gasteiger charge is -2.17. The number of nitrogens with zero attached hydrogens (tertiary/aromatic N) is 2. The van der Waals surface area contributed by atoms with Crippen LogP contribution in [-0.4, -0.2) is 27.0 Å². The Hall–Kier alpha value is -2.54. The Kier molecular flexibility index (Phi) is 4.27. The number of amides is 1. The zero-order valence-corrected chi connectivity index (χ0v) is 17.1. The second-order valence-electron chi connectivity index (χ2n) is 7.76. The lowest BCUT2D eigenvalue weighted by Crippen LogP contribution is -2.26. The van der Waals surface area contributed by atoms with E-state index >= 15 is 0 Å². The fraction of sp³-hybridized carbons (Fsp3) is 0.333. The fourth-order valence-corrected chi connectivity index (χ4v) is 4.73. The van der Waals surface area contributed by atoms with E-state index in [-0.39, 0.29) is 5.91 Å². The predicted molar refractivity (Wildman–Crippen MR) is 114 cm³/mol. The minimum atomic E-state index is -0.0419. The third-order valence-corrected chi connectivity index (χ3v) is 6.33. The fourth-order valence-electron chi connectivity index (χ4n) is 4.32.